The Morgan fingerprint density at radius 2 is 1.93 bits per heavy atom. The quantitative estimate of drug-likeness (QED) is 0.622. The molecule has 0 aliphatic rings. The summed E-state index contributed by atoms with van der Waals surface area (Å²) in [7, 11) is -0.685. The molecule has 30 heavy (non-hydrogen) atoms. The summed E-state index contributed by atoms with van der Waals surface area (Å²) in [5.74, 6) is -0.359. The largest absolute Gasteiger partial charge is 0.322 e. The van der Waals surface area contributed by atoms with Crippen LogP contribution in [0, 0.1) is 6.92 Å². The second-order valence-corrected chi connectivity index (χ2v) is 9.56. The molecule has 0 spiro atoms. The van der Waals surface area contributed by atoms with Crippen molar-refractivity contribution in [2.45, 2.75) is 25.2 Å². The fraction of sp³-hybridized carbons (Fsp3) is 0.238. The van der Waals surface area contributed by atoms with E-state index in [9.17, 15) is 13.2 Å². The number of aryl methyl sites for hydroxylation is 1. The molecule has 0 unspecified atom stereocenters. The number of nitrogens with zero attached hydrogens (tertiary/aromatic N) is 3. The number of amides is 1. The Morgan fingerprint density at radius 1 is 1.20 bits per heavy atom. The van der Waals surface area contributed by atoms with Crippen molar-refractivity contribution in [1.82, 2.24) is 14.1 Å². The number of hydrogen-bond donors (Lipinski definition) is 1. The third-order valence-electron chi connectivity index (χ3n) is 4.74. The average Bonchev–Trinajstić information content (AvgIpc) is 3.13. The molecule has 0 atom stereocenters. The first kappa shape index (κ1) is 22.0. The summed E-state index contributed by atoms with van der Waals surface area (Å²) < 4.78 is 27.7. The van der Waals surface area contributed by atoms with Crippen LogP contribution in [0.2, 0.25) is 5.02 Å². The van der Waals surface area contributed by atoms with E-state index >= 15 is 0 Å². The zero-order valence-corrected chi connectivity index (χ0v) is 18.8. The molecule has 0 saturated heterocycles. The first-order chi connectivity index (χ1) is 14.1. The molecule has 1 heterocycles. The maximum absolute atomic E-state index is 13.0. The number of carbonyl (C=O) groups is 1. The van der Waals surface area contributed by atoms with Crippen molar-refractivity contribution in [2.75, 3.05) is 19.4 Å². The summed E-state index contributed by atoms with van der Waals surface area (Å²) >= 11 is 6.09. The molecule has 1 amide bonds. The molecule has 0 saturated carbocycles. The van der Waals surface area contributed by atoms with Gasteiger partial charge in [-0.2, -0.15) is 5.10 Å². The standard InChI is InChI=1S/C21H23ClN4O3S/c1-5-20-18(13-23-26(20)16-8-6-7-15(22)11-16)21(27)24-19-12-17(10-9-14(19)2)30(28,29)25(3)4/h6-13H,5H2,1-4H3,(H,24,27). The molecule has 3 aromatic rings. The Morgan fingerprint density at radius 3 is 2.57 bits per heavy atom. The molecule has 2 aromatic carbocycles. The smallest absolute Gasteiger partial charge is 0.259 e. The van der Waals surface area contributed by atoms with E-state index in [2.05, 4.69) is 10.4 Å². The van der Waals surface area contributed by atoms with Crippen molar-refractivity contribution in [3.63, 3.8) is 0 Å². The van der Waals surface area contributed by atoms with Crippen LogP contribution < -0.4 is 5.32 Å². The first-order valence-corrected chi connectivity index (χ1v) is 11.1. The molecule has 7 nitrogen and oxygen atoms in total. The summed E-state index contributed by atoms with van der Waals surface area (Å²) in [6, 6.07) is 11.9. The molecular formula is C21H23ClN4O3S. The zero-order valence-electron chi connectivity index (χ0n) is 17.2. The number of aromatic nitrogens is 2. The van der Waals surface area contributed by atoms with Crippen LogP contribution in [0.4, 0.5) is 5.69 Å². The number of hydrogen-bond acceptors (Lipinski definition) is 4. The number of rotatable bonds is 6. The zero-order chi connectivity index (χ0) is 22.1. The van der Waals surface area contributed by atoms with Crippen LogP contribution >= 0.6 is 11.6 Å². The third-order valence-corrected chi connectivity index (χ3v) is 6.78. The number of benzene rings is 2. The van der Waals surface area contributed by atoms with Crippen molar-refractivity contribution >= 4 is 33.2 Å². The van der Waals surface area contributed by atoms with E-state index in [0.29, 0.717) is 22.7 Å². The number of sulfonamides is 1. The van der Waals surface area contributed by atoms with Crippen molar-refractivity contribution in [3.8, 4) is 5.69 Å². The van der Waals surface area contributed by atoms with E-state index in [-0.39, 0.29) is 10.8 Å². The van der Waals surface area contributed by atoms with Crippen LogP contribution in [-0.2, 0) is 16.4 Å². The molecule has 3 rings (SSSR count). The lowest BCUT2D eigenvalue weighted by Gasteiger charge is -2.14. The molecule has 158 valence electrons. The Labute approximate surface area is 181 Å². The molecule has 0 fully saturated rings. The normalized spacial score (nSPS) is 11.7. The molecule has 0 bridgehead atoms. The van der Waals surface area contributed by atoms with E-state index in [1.807, 2.05) is 19.1 Å². The number of halogens is 1. The van der Waals surface area contributed by atoms with Crippen LogP contribution in [0.15, 0.2) is 53.6 Å². The second kappa shape index (κ2) is 8.59. The van der Waals surface area contributed by atoms with Gasteiger partial charge in [0.25, 0.3) is 5.91 Å². The van der Waals surface area contributed by atoms with E-state index in [4.69, 9.17) is 11.6 Å². The molecule has 0 aliphatic heterocycles. The fourth-order valence-electron chi connectivity index (χ4n) is 3.03. The monoisotopic (exact) mass is 446 g/mol. The lowest BCUT2D eigenvalue weighted by atomic mass is 10.1. The fourth-order valence-corrected chi connectivity index (χ4v) is 4.14. The first-order valence-electron chi connectivity index (χ1n) is 9.32. The Kier molecular flexibility index (Phi) is 6.30. The third kappa shape index (κ3) is 4.26. The van der Waals surface area contributed by atoms with Crippen LogP contribution in [0.5, 0.6) is 0 Å². The summed E-state index contributed by atoms with van der Waals surface area (Å²) in [5, 5.41) is 7.76. The van der Waals surface area contributed by atoms with Crippen LogP contribution in [0.1, 0.15) is 28.5 Å². The predicted octanol–water partition coefficient (Wildman–Crippen LogP) is 3.90. The number of anilines is 1. The van der Waals surface area contributed by atoms with Gasteiger partial charge in [-0.3, -0.25) is 4.79 Å². The maximum atomic E-state index is 13.0. The van der Waals surface area contributed by atoms with Gasteiger partial charge in [0.05, 0.1) is 28.0 Å². The van der Waals surface area contributed by atoms with E-state index in [0.717, 1.165) is 21.2 Å². The van der Waals surface area contributed by atoms with Crippen LogP contribution in [-0.4, -0.2) is 42.5 Å². The number of nitrogens with one attached hydrogen (secondary N) is 1. The minimum absolute atomic E-state index is 0.110. The van der Waals surface area contributed by atoms with Crippen LogP contribution in [0.25, 0.3) is 5.69 Å². The van der Waals surface area contributed by atoms with Gasteiger partial charge in [0.1, 0.15) is 0 Å². The average molecular weight is 447 g/mol. The highest BCUT2D eigenvalue weighted by molar-refractivity contribution is 7.89. The Bertz CT molecular complexity index is 1200. The number of carbonyl (C=O) groups excluding carboxylic acids is 1. The SMILES string of the molecule is CCc1c(C(=O)Nc2cc(S(=O)(=O)N(C)C)ccc2C)cnn1-c1cccc(Cl)c1. The van der Waals surface area contributed by atoms with Crippen molar-refractivity contribution < 1.29 is 13.2 Å². The summed E-state index contributed by atoms with van der Waals surface area (Å²) in [6.07, 6.45) is 2.08. The molecule has 0 radical (unpaired) electrons. The molecular weight excluding hydrogens is 424 g/mol. The van der Waals surface area contributed by atoms with Crippen molar-refractivity contribution in [3.05, 3.63) is 70.5 Å². The van der Waals surface area contributed by atoms with Gasteiger partial charge in [0.2, 0.25) is 10.0 Å². The van der Waals surface area contributed by atoms with Gasteiger partial charge >= 0.3 is 0 Å². The summed E-state index contributed by atoms with van der Waals surface area (Å²) in [6.45, 7) is 3.74. The van der Waals surface area contributed by atoms with Crippen LogP contribution in [0.3, 0.4) is 0 Å². The van der Waals surface area contributed by atoms with Gasteiger partial charge in [-0.05, 0) is 49.2 Å². The van der Waals surface area contributed by atoms with Gasteiger partial charge in [0, 0.05) is 24.8 Å². The van der Waals surface area contributed by atoms with Crippen molar-refractivity contribution in [2.24, 2.45) is 0 Å². The Balaban J connectivity index is 1.96. The molecule has 0 aliphatic carbocycles. The van der Waals surface area contributed by atoms with Gasteiger partial charge in [-0.1, -0.05) is 30.7 Å². The predicted molar refractivity (Wildman–Crippen MR) is 118 cm³/mol. The highest BCUT2D eigenvalue weighted by Crippen LogP contribution is 2.24. The molecule has 1 N–H and O–H groups in total. The van der Waals surface area contributed by atoms with Gasteiger partial charge in [-0.15, -0.1) is 0 Å². The van der Waals surface area contributed by atoms with Gasteiger partial charge in [0.15, 0.2) is 0 Å². The summed E-state index contributed by atoms with van der Waals surface area (Å²) in [4.78, 5) is 13.1. The minimum atomic E-state index is -3.61. The van der Waals surface area contributed by atoms with Crippen molar-refractivity contribution in [1.29, 1.82) is 0 Å². The lowest BCUT2D eigenvalue weighted by molar-refractivity contribution is 0.102. The van der Waals surface area contributed by atoms with E-state index in [1.165, 1.54) is 32.4 Å². The lowest BCUT2D eigenvalue weighted by Crippen LogP contribution is -2.22. The minimum Gasteiger partial charge on any atom is -0.322 e. The molecule has 1 aromatic heterocycles. The highest BCUT2D eigenvalue weighted by Gasteiger charge is 2.21. The topological polar surface area (TPSA) is 84.3 Å². The van der Waals surface area contributed by atoms with E-state index in [1.54, 1.807) is 29.8 Å². The van der Waals surface area contributed by atoms with Gasteiger partial charge in [-0.25, -0.2) is 17.4 Å². The Hall–Kier alpha value is -2.68. The summed E-state index contributed by atoms with van der Waals surface area (Å²) in [5.41, 5.74) is 3.08. The highest BCUT2D eigenvalue weighted by atomic mass is 35.5. The maximum Gasteiger partial charge on any atom is 0.259 e. The molecule has 9 heteroatoms. The van der Waals surface area contributed by atoms with E-state index < -0.39 is 10.0 Å². The van der Waals surface area contributed by atoms with Gasteiger partial charge < -0.3 is 5.32 Å². The second-order valence-electron chi connectivity index (χ2n) is 6.97.